The molecule has 0 radical (unpaired) electrons. The standard InChI is InChI=1S/C10H23O6P/c1-5-8-9-15-17(11,12)16-10(4,13-6-2)14-7-3/h5-9H2,1-4H3,(H,11,12). The summed E-state index contributed by atoms with van der Waals surface area (Å²) in [7, 11) is -4.15. The van der Waals surface area contributed by atoms with Crippen molar-refractivity contribution in [2.24, 2.45) is 0 Å². The van der Waals surface area contributed by atoms with Crippen molar-refractivity contribution in [3.8, 4) is 0 Å². The Bertz CT molecular complexity index is 239. The molecule has 104 valence electrons. The van der Waals surface area contributed by atoms with Gasteiger partial charge in [0.2, 0.25) is 0 Å². The molecular weight excluding hydrogens is 247 g/mol. The number of rotatable bonds is 10. The minimum atomic E-state index is -4.15. The highest BCUT2D eigenvalue weighted by atomic mass is 31.2. The van der Waals surface area contributed by atoms with Crippen molar-refractivity contribution in [2.45, 2.75) is 46.5 Å². The predicted octanol–water partition coefficient (Wildman–Crippen LogP) is 2.67. The molecule has 0 rings (SSSR count). The third-order valence-corrected chi connectivity index (χ3v) is 2.92. The lowest BCUT2D eigenvalue weighted by Crippen LogP contribution is -2.35. The lowest BCUT2D eigenvalue weighted by atomic mass is 10.4. The zero-order chi connectivity index (χ0) is 13.4. The van der Waals surface area contributed by atoms with Gasteiger partial charge < -0.3 is 14.4 Å². The van der Waals surface area contributed by atoms with E-state index in [0.717, 1.165) is 6.42 Å². The average molecular weight is 270 g/mol. The van der Waals surface area contributed by atoms with Crippen LogP contribution in [0.5, 0.6) is 0 Å². The van der Waals surface area contributed by atoms with E-state index in [-0.39, 0.29) is 6.61 Å². The molecule has 0 aliphatic heterocycles. The quantitative estimate of drug-likeness (QED) is 0.374. The maximum absolute atomic E-state index is 11.6. The fourth-order valence-corrected chi connectivity index (χ4v) is 2.12. The van der Waals surface area contributed by atoms with Gasteiger partial charge in [0.05, 0.1) is 6.61 Å². The maximum atomic E-state index is 11.6. The van der Waals surface area contributed by atoms with Crippen molar-refractivity contribution in [3.63, 3.8) is 0 Å². The molecule has 0 aliphatic carbocycles. The predicted molar refractivity (Wildman–Crippen MR) is 63.4 cm³/mol. The number of ether oxygens (including phenoxy) is 2. The molecule has 0 aromatic heterocycles. The summed E-state index contributed by atoms with van der Waals surface area (Å²) < 4.78 is 31.6. The van der Waals surface area contributed by atoms with Crippen LogP contribution in [0.3, 0.4) is 0 Å². The number of phosphoric acid groups is 1. The second-order valence-electron chi connectivity index (χ2n) is 3.48. The third-order valence-electron chi connectivity index (χ3n) is 1.85. The number of hydrogen-bond donors (Lipinski definition) is 1. The van der Waals surface area contributed by atoms with Gasteiger partial charge in [-0.15, -0.1) is 0 Å². The third kappa shape index (κ3) is 7.86. The minimum Gasteiger partial charge on any atom is -0.328 e. The number of unbranched alkanes of at least 4 members (excludes halogenated alkanes) is 1. The van der Waals surface area contributed by atoms with Gasteiger partial charge in [-0.25, -0.2) is 9.09 Å². The van der Waals surface area contributed by atoms with Crippen LogP contribution in [0.25, 0.3) is 0 Å². The molecule has 0 aromatic carbocycles. The Labute approximate surface area is 103 Å². The normalized spacial score (nSPS) is 15.8. The first-order valence-electron chi connectivity index (χ1n) is 5.85. The molecule has 1 unspecified atom stereocenters. The van der Waals surface area contributed by atoms with Gasteiger partial charge in [-0.2, -0.15) is 0 Å². The topological polar surface area (TPSA) is 74.2 Å². The van der Waals surface area contributed by atoms with Crippen LogP contribution in [0.2, 0.25) is 0 Å². The van der Waals surface area contributed by atoms with Gasteiger partial charge in [-0.3, -0.25) is 4.52 Å². The fraction of sp³-hybridized carbons (Fsp3) is 1.00. The molecule has 0 amide bonds. The van der Waals surface area contributed by atoms with Crippen LogP contribution in [-0.4, -0.2) is 30.7 Å². The Morgan fingerprint density at radius 2 is 1.71 bits per heavy atom. The van der Waals surface area contributed by atoms with Gasteiger partial charge in [-0.1, -0.05) is 13.3 Å². The van der Waals surface area contributed by atoms with Crippen LogP contribution < -0.4 is 0 Å². The smallest absolute Gasteiger partial charge is 0.328 e. The van der Waals surface area contributed by atoms with Crippen molar-refractivity contribution in [1.29, 1.82) is 0 Å². The molecule has 7 heteroatoms. The Morgan fingerprint density at radius 3 is 2.12 bits per heavy atom. The molecule has 6 nitrogen and oxygen atoms in total. The summed E-state index contributed by atoms with van der Waals surface area (Å²) in [5.74, 6) is -1.56. The van der Waals surface area contributed by atoms with E-state index in [1.54, 1.807) is 13.8 Å². The Balaban J connectivity index is 4.35. The molecule has 1 atom stereocenters. The molecule has 17 heavy (non-hydrogen) atoms. The first-order chi connectivity index (χ1) is 7.89. The zero-order valence-electron chi connectivity index (χ0n) is 11.0. The highest BCUT2D eigenvalue weighted by Gasteiger charge is 2.37. The van der Waals surface area contributed by atoms with Crippen LogP contribution in [0, 0.1) is 0 Å². The van der Waals surface area contributed by atoms with Gasteiger partial charge in [0, 0.05) is 20.1 Å². The molecule has 1 N–H and O–H groups in total. The highest BCUT2D eigenvalue weighted by Crippen LogP contribution is 2.48. The number of hydrogen-bond acceptors (Lipinski definition) is 5. The summed E-state index contributed by atoms with van der Waals surface area (Å²) in [4.78, 5) is 9.48. The van der Waals surface area contributed by atoms with Crippen molar-refractivity contribution >= 4 is 7.82 Å². The second-order valence-corrected chi connectivity index (χ2v) is 4.85. The Kier molecular flexibility index (Phi) is 8.20. The van der Waals surface area contributed by atoms with E-state index in [1.807, 2.05) is 6.92 Å². The van der Waals surface area contributed by atoms with E-state index in [4.69, 9.17) is 18.5 Å². The van der Waals surface area contributed by atoms with Gasteiger partial charge in [0.15, 0.2) is 0 Å². The monoisotopic (exact) mass is 270 g/mol. The lowest BCUT2D eigenvalue weighted by Gasteiger charge is -2.29. The largest absolute Gasteiger partial charge is 0.476 e. The molecule has 0 saturated heterocycles. The van der Waals surface area contributed by atoms with E-state index in [9.17, 15) is 9.46 Å². The van der Waals surface area contributed by atoms with Crippen LogP contribution >= 0.6 is 7.82 Å². The molecule has 0 saturated carbocycles. The van der Waals surface area contributed by atoms with E-state index < -0.39 is 13.8 Å². The second kappa shape index (κ2) is 8.19. The molecule has 0 fully saturated rings. The first kappa shape index (κ1) is 17.0. The molecule has 0 aromatic rings. The van der Waals surface area contributed by atoms with Gasteiger partial charge >= 0.3 is 7.82 Å². The molecule has 0 spiro atoms. The van der Waals surface area contributed by atoms with Crippen LogP contribution in [0.4, 0.5) is 0 Å². The Morgan fingerprint density at radius 1 is 1.18 bits per heavy atom. The van der Waals surface area contributed by atoms with Crippen molar-refractivity contribution < 1.29 is 28.0 Å². The molecular formula is C10H23O6P. The zero-order valence-corrected chi connectivity index (χ0v) is 11.9. The fourth-order valence-electron chi connectivity index (χ4n) is 1.18. The summed E-state index contributed by atoms with van der Waals surface area (Å²) in [5, 5.41) is 0. The number of phosphoric ester groups is 1. The van der Waals surface area contributed by atoms with E-state index in [0.29, 0.717) is 19.6 Å². The summed E-state index contributed by atoms with van der Waals surface area (Å²) >= 11 is 0. The van der Waals surface area contributed by atoms with Gasteiger partial charge in [0.1, 0.15) is 0 Å². The first-order valence-corrected chi connectivity index (χ1v) is 7.34. The summed E-state index contributed by atoms with van der Waals surface area (Å²) in [6.45, 7) is 7.63. The minimum absolute atomic E-state index is 0.165. The van der Waals surface area contributed by atoms with E-state index in [1.165, 1.54) is 6.92 Å². The molecule has 0 aliphatic rings. The lowest BCUT2D eigenvalue weighted by molar-refractivity contribution is -0.334. The van der Waals surface area contributed by atoms with E-state index in [2.05, 4.69) is 0 Å². The SMILES string of the molecule is CCCCOP(=O)(O)OC(C)(OCC)OCC. The van der Waals surface area contributed by atoms with Crippen molar-refractivity contribution in [1.82, 2.24) is 0 Å². The van der Waals surface area contributed by atoms with Crippen molar-refractivity contribution in [3.05, 3.63) is 0 Å². The van der Waals surface area contributed by atoms with Gasteiger partial charge in [-0.05, 0) is 20.3 Å². The van der Waals surface area contributed by atoms with Crippen LogP contribution in [0.15, 0.2) is 0 Å². The van der Waals surface area contributed by atoms with Crippen molar-refractivity contribution in [2.75, 3.05) is 19.8 Å². The molecule has 0 bridgehead atoms. The van der Waals surface area contributed by atoms with Crippen LogP contribution in [-0.2, 0) is 23.1 Å². The maximum Gasteiger partial charge on any atom is 0.476 e. The Hall–Kier alpha value is 0.0300. The molecule has 0 heterocycles. The van der Waals surface area contributed by atoms with Crippen LogP contribution in [0.1, 0.15) is 40.5 Å². The highest BCUT2D eigenvalue weighted by molar-refractivity contribution is 7.47. The van der Waals surface area contributed by atoms with Gasteiger partial charge in [0.25, 0.3) is 5.97 Å². The summed E-state index contributed by atoms with van der Waals surface area (Å²) in [5.41, 5.74) is 0. The average Bonchev–Trinajstić information content (AvgIpc) is 2.17. The summed E-state index contributed by atoms with van der Waals surface area (Å²) in [6, 6.07) is 0. The summed E-state index contributed by atoms with van der Waals surface area (Å²) in [6.07, 6.45) is 1.56. The van der Waals surface area contributed by atoms with E-state index >= 15 is 0 Å².